The van der Waals surface area contributed by atoms with Gasteiger partial charge >= 0.3 is 5.97 Å². The van der Waals surface area contributed by atoms with Gasteiger partial charge in [0.25, 0.3) is 0 Å². The van der Waals surface area contributed by atoms with E-state index in [-0.39, 0.29) is 18.1 Å². The van der Waals surface area contributed by atoms with Crippen molar-refractivity contribution >= 4 is 29.0 Å². The van der Waals surface area contributed by atoms with E-state index in [0.717, 1.165) is 12.0 Å². The summed E-state index contributed by atoms with van der Waals surface area (Å²) in [6, 6.07) is 8.53. The minimum absolute atomic E-state index is 0.0419. The van der Waals surface area contributed by atoms with Crippen LogP contribution in [0.2, 0.25) is 0 Å². The summed E-state index contributed by atoms with van der Waals surface area (Å²) >= 11 is 5.44. The van der Waals surface area contributed by atoms with Crippen molar-refractivity contribution in [3.8, 4) is 0 Å². The van der Waals surface area contributed by atoms with Crippen LogP contribution in [-0.2, 0) is 16.0 Å². The van der Waals surface area contributed by atoms with Crippen LogP contribution in [0.3, 0.4) is 0 Å². The Labute approximate surface area is 147 Å². The molecule has 1 unspecified atom stereocenters. The number of carboxylic acids is 1. The zero-order chi connectivity index (χ0) is 17.7. The molecule has 0 aromatic heterocycles. The van der Waals surface area contributed by atoms with Crippen LogP contribution in [0.4, 0.5) is 0 Å². The van der Waals surface area contributed by atoms with E-state index in [1.807, 2.05) is 37.3 Å². The quantitative estimate of drug-likeness (QED) is 0.734. The Hall–Kier alpha value is -1.79. The van der Waals surface area contributed by atoms with Crippen molar-refractivity contribution < 1.29 is 14.7 Å². The molecule has 0 amide bonds. The first kappa shape index (κ1) is 18.5. The summed E-state index contributed by atoms with van der Waals surface area (Å²) in [5.41, 5.74) is 7.05. The van der Waals surface area contributed by atoms with Gasteiger partial charge in [0.2, 0.25) is 0 Å². The summed E-state index contributed by atoms with van der Waals surface area (Å²) in [5.74, 6) is -1.08. The third-order valence-electron chi connectivity index (χ3n) is 4.46. The van der Waals surface area contributed by atoms with E-state index >= 15 is 0 Å². The normalized spacial score (nSPS) is 19.8. The Morgan fingerprint density at radius 1 is 1.38 bits per heavy atom. The molecule has 1 aliphatic rings. The lowest BCUT2D eigenvalue weighted by Gasteiger charge is -2.28. The second kappa shape index (κ2) is 8.35. The van der Waals surface area contributed by atoms with Gasteiger partial charge in [-0.05, 0) is 24.8 Å². The van der Waals surface area contributed by atoms with Crippen LogP contribution in [0.5, 0.6) is 0 Å². The van der Waals surface area contributed by atoms with Gasteiger partial charge < -0.3 is 15.7 Å². The average molecular weight is 348 g/mol. The van der Waals surface area contributed by atoms with E-state index in [0.29, 0.717) is 24.4 Å². The number of carbonyl (C=O) groups excluding carboxylic acids is 1. The number of likely N-dealkylation sites (tertiary alicyclic amines) is 1. The van der Waals surface area contributed by atoms with Crippen LogP contribution in [-0.4, -0.2) is 45.4 Å². The average Bonchev–Trinajstić information content (AvgIpc) is 3.04. The molecule has 1 aliphatic heterocycles. The summed E-state index contributed by atoms with van der Waals surface area (Å²) < 4.78 is 0. The molecule has 0 radical (unpaired) electrons. The van der Waals surface area contributed by atoms with Gasteiger partial charge in [0.1, 0.15) is 6.04 Å². The van der Waals surface area contributed by atoms with Gasteiger partial charge in [-0.25, -0.2) is 4.79 Å². The van der Waals surface area contributed by atoms with E-state index in [2.05, 4.69) is 0 Å². The van der Waals surface area contributed by atoms with E-state index < -0.39 is 18.1 Å². The van der Waals surface area contributed by atoms with Gasteiger partial charge in [0.05, 0.1) is 11.0 Å². The number of ketones is 1. The Morgan fingerprint density at radius 3 is 2.67 bits per heavy atom. The third kappa shape index (κ3) is 4.61. The molecule has 0 aliphatic carbocycles. The van der Waals surface area contributed by atoms with Crippen molar-refractivity contribution in [1.82, 2.24) is 4.90 Å². The van der Waals surface area contributed by atoms with E-state index in [9.17, 15) is 14.7 Å². The molecule has 1 saturated heterocycles. The fourth-order valence-electron chi connectivity index (χ4n) is 3.09. The number of nitrogens with two attached hydrogens (primary N) is 1. The van der Waals surface area contributed by atoms with Crippen LogP contribution in [0, 0.1) is 5.92 Å². The molecule has 1 aromatic rings. The van der Waals surface area contributed by atoms with Gasteiger partial charge in [0.15, 0.2) is 5.78 Å². The zero-order valence-electron chi connectivity index (χ0n) is 13.9. The minimum atomic E-state index is -0.853. The van der Waals surface area contributed by atoms with Crippen LogP contribution in [0.25, 0.3) is 0 Å². The molecule has 1 fully saturated rings. The van der Waals surface area contributed by atoms with E-state index in [4.69, 9.17) is 18.0 Å². The number of aliphatic carboxylic acids is 1. The highest BCUT2D eigenvalue weighted by Gasteiger charge is 2.34. The second-order valence-electron chi connectivity index (χ2n) is 6.40. The maximum Gasteiger partial charge on any atom is 0.326 e. The molecule has 1 heterocycles. The number of hydrogen-bond acceptors (Lipinski definition) is 4. The van der Waals surface area contributed by atoms with Gasteiger partial charge in [-0.2, -0.15) is 0 Å². The maximum atomic E-state index is 12.4. The standard InChI is InChI=1S/C18H24N2O3S/c1-12(17(24)20-9-5-8-15(20)18(22)23)10-16(21)14(19)11-13-6-3-2-4-7-13/h2-4,6-7,12,14-15H,5,8-11,19H2,1H3,(H,22,23)/t12?,14-,15-/m0/s1. The molecule has 3 N–H and O–H groups in total. The predicted octanol–water partition coefficient (Wildman–Crippen LogP) is 2.03. The Balaban J connectivity index is 1.90. The molecule has 6 heteroatoms. The number of carboxylic acid groups (broad SMARTS) is 1. The lowest BCUT2D eigenvalue weighted by molar-refractivity contribution is -0.140. The first-order valence-electron chi connectivity index (χ1n) is 8.25. The molecule has 3 atom stereocenters. The number of benzene rings is 1. The smallest absolute Gasteiger partial charge is 0.326 e. The van der Waals surface area contributed by atoms with Crippen molar-refractivity contribution in [2.75, 3.05) is 6.54 Å². The van der Waals surface area contributed by atoms with Crippen molar-refractivity contribution in [3.05, 3.63) is 35.9 Å². The largest absolute Gasteiger partial charge is 0.480 e. The van der Waals surface area contributed by atoms with E-state index in [1.165, 1.54) is 0 Å². The molecule has 5 nitrogen and oxygen atoms in total. The summed E-state index contributed by atoms with van der Waals surface area (Å²) in [6.07, 6.45) is 2.16. The number of nitrogens with zero attached hydrogens (tertiary/aromatic N) is 1. The van der Waals surface area contributed by atoms with Crippen LogP contribution in [0.1, 0.15) is 31.7 Å². The van der Waals surface area contributed by atoms with Crippen molar-refractivity contribution in [3.63, 3.8) is 0 Å². The second-order valence-corrected chi connectivity index (χ2v) is 6.81. The summed E-state index contributed by atoms with van der Waals surface area (Å²) in [6.45, 7) is 2.51. The van der Waals surface area contributed by atoms with Crippen LogP contribution in [0.15, 0.2) is 30.3 Å². The molecule has 24 heavy (non-hydrogen) atoms. The molecule has 0 saturated carbocycles. The van der Waals surface area contributed by atoms with E-state index in [1.54, 1.807) is 4.90 Å². The first-order valence-corrected chi connectivity index (χ1v) is 8.66. The highest BCUT2D eigenvalue weighted by atomic mass is 32.1. The van der Waals surface area contributed by atoms with Gasteiger partial charge in [-0.15, -0.1) is 0 Å². The summed E-state index contributed by atoms with van der Waals surface area (Å²) in [7, 11) is 0. The monoisotopic (exact) mass is 348 g/mol. The van der Waals surface area contributed by atoms with Crippen molar-refractivity contribution in [2.24, 2.45) is 11.7 Å². The molecular formula is C18H24N2O3S. The van der Waals surface area contributed by atoms with Crippen molar-refractivity contribution in [1.29, 1.82) is 0 Å². The summed E-state index contributed by atoms with van der Waals surface area (Å²) in [4.78, 5) is 26.0. The van der Waals surface area contributed by atoms with Crippen LogP contribution >= 0.6 is 12.2 Å². The number of rotatable bonds is 7. The number of hydrogen-bond donors (Lipinski definition) is 2. The highest BCUT2D eigenvalue weighted by Crippen LogP contribution is 2.22. The molecule has 0 spiro atoms. The Bertz CT molecular complexity index is 606. The molecule has 1 aromatic carbocycles. The number of Topliss-reactive ketones (excluding diaryl/α,β-unsaturated/α-hetero) is 1. The van der Waals surface area contributed by atoms with Crippen molar-refractivity contribution in [2.45, 2.75) is 44.7 Å². The predicted molar refractivity (Wildman–Crippen MR) is 96.9 cm³/mol. The third-order valence-corrected chi connectivity index (χ3v) is 5.10. The van der Waals surface area contributed by atoms with Crippen LogP contribution < -0.4 is 5.73 Å². The van der Waals surface area contributed by atoms with Gasteiger partial charge in [0, 0.05) is 18.9 Å². The molecule has 130 valence electrons. The Kier molecular flexibility index (Phi) is 6.45. The molecular weight excluding hydrogens is 324 g/mol. The minimum Gasteiger partial charge on any atom is -0.480 e. The lowest BCUT2D eigenvalue weighted by Crippen LogP contribution is -2.43. The van der Waals surface area contributed by atoms with Gasteiger partial charge in [-0.3, -0.25) is 4.79 Å². The lowest BCUT2D eigenvalue weighted by atomic mass is 9.95. The first-order chi connectivity index (χ1) is 11.4. The van der Waals surface area contributed by atoms with Gasteiger partial charge in [-0.1, -0.05) is 49.5 Å². The molecule has 2 rings (SSSR count). The SMILES string of the molecule is CC(CC(=O)[C@@H](N)Cc1ccccc1)C(=S)N1CCC[C@H]1C(=O)O. The number of carbonyl (C=O) groups is 2. The highest BCUT2D eigenvalue weighted by molar-refractivity contribution is 7.80. The zero-order valence-corrected chi connectivity index (χ0v) is 14.7. The maximum absolute atomic E-state index is 12.4. The summed E-state index contributed by atoms with van der Waals surface area (Å²) in [5, 5.41) is 9.26. The topological polar surface area (TPSA) is 83.6 Å². The fraction of sp³-hybridized carbons (Fsp3) is 0.500. The number of thiocarbonyl (C=S) groups is 1. The Morgan fingerprint density at radius 2 is 2.04 bits per heavy atom. The molecule has 0 bridgehead atoms. The fourth-order valence-corrected chi connectivity index (χ4v) is 3.39.